The predicted molar refractivity (Wildman–Crippen MR) is 60.6 cm³/mol. The van der Waals surface area contributed by atoms with Crippen LogP contribution in [0.1, 0.15) is 20.8 Å². The van der Waals surface area contributed by atoms with Crippen molar-refractivity contribution in [2.75, 3.05) is 5.73 Å². The first-order valence-corrected chi connectivity index (χ1v) is 4.39. The van der Waals surface area contributed by atoms with Crippen molar-refractivity contribution < 1.29 is 0 Å². The largest absolute Gasteiger partial charge is 0.397 e. The Hall–Kier alpha value is -1.31. The molecule has 72 valence electrons. The van der Waals surface area contributed by atoms with E-state index in [0.29, 0.717) is 5.69 Å². The minimum absolute atomic E-state index is 0.674. The number of anilines is 1. The molecule has 0 bridgehead atoms. The smallest absolute Gasteiger partial charge is 0.0851 e. The molecule has 0 atom stereocenters. The number of nitrogens with zero attached hydrogens (tertiary/aromatic N) is 1. The lowest BCUT2D eigenvalue weighted by atomic mass is 10.3. The average molecular weight is 178 g/mol. The van der Waals surface area contributed by atoms with Gasteiger partial charge in [0.1, 0.15) is 0 Å². The molecule has 1 aromatic rings. The van der Waals surface area contributed by atoms with Crippen molar-refractivity contribution in [3.05, 3.63) is 24.3 Å². The molecule has 2 nitrogen and oxygen atoms in total. The molecule has 0 saturated carbocycles. The summed E-state index contributed by atoms with van der Waals surface area (Å²) in [5.74, 6) is 0.833. The van der Waals surface area contributed by atoms with Gasteiger partial charge in [-0.2, -0.15) is 0 Å². The van der Waals surface area contributed by atoms with Crippen LogP contribution in [0.25, 0.3) is 0 Å². The van der Waals surface area contributed by atoms with Gasteiger partial charge >= 0.3 is 0 Å². The maximum absolute atomic E-state index is 5.50. The predicted octanol–water partition coefficient (Wildman–Crippen LogP) is 3.26. The van der Waals surface area contributed by atoms with Gasteiger partial charge in [-0.3, -0.25) is 4.99 Å². The fourth-order valence-electron chi connectivity index (χ4n) is 0.632. The highest BCUT2D eigenvalue weighted by Gasteiger charge is 1.88. The first-order valence-electron chi connectivity index (χ1n) is 4.39. The number of hydrogen-bond acceptors (Lipinski definition) is 2. The van der Waals surface area contributed by atoms with Crippen LogP contribution < -0.4 is 5.73 Å². The monoisotopic (exact) mass is 178 g/mol. The molecule has 0 unspecified atom stereocenters. The molecule has 0 fully saturated rings. The molecule has 0 spiro atoms. The van der Waals surface area contributed by atoms with E-state index in [4.69, 9.17) is 5.73 Å². The Morgan fingerprint density at radius 2 is 1.69 bits per heavy atom. The van der Waals surface area contributed by atoms with Crippen LogP contribution >= 0.6 is 0 Å². The third kappa shape index (κ3) is 5.91. The molecule has 0 heterocycles. The lowest BCUT2D eigenvalue weighted by Crippen LogP contribution is -1.82. The van der Waals surface area contributed by atoms with Crippen LogP contribution in [-0.2, 0) is 0 Å². The number of aliphatic imine (C=N–C) groups is 1. The third-order valence-corrected chi connectivity index (χ3v) is 1.11. The fraction of sp³-hybridized carbons (Fsp3) is 0.364. The van der Waals surface area contributed by atoms with Crippen LogP contribution in [-0.4, -0.2) is 6.72 Å². The van der Waals surface area contributed by atoms with Gasteiger partial charge in [0.05, 0.1) is 11.4 Å². The van der Waals surface area contributed by atoms with E-state index in [9.17, 15) is 0 Å². The van der Waals surface area contributed by atoms with E-state index in [1.54, 1.807) is 6.07 Å². The van der Waals surface area contributed by atoms with Crippen molar-refractivity contribution >= 4 is 18.1 Å². The number of para-hydroxylation sites is 2. The van der Waals surface area contributed by atoms with E-state index >= 15 is 0 Å². The molecule has 13 heavy (non-hydrogen) atoms. The minimum atomic E-state index is 0.674. The molecule has 0 aliphatic heterocycles. The van der Waals surface area contributed by atoms with Crippen molar-refractivity contribution in [1.29, 1.82) is 0 Å². The topological polar surface area (TPSA) is 38.4 Å². The van der Waals surface area contributed by atoms with E-state index in [1.807, 2.05) is 18.2 Å². The Morgan fingerprint density at radius 3 is 2.00 bits per heavy atom. The number of nitrogens with two attached hydrogens (primary N) is 1. The quantitative estimate of drug-likeness (QED) is 0.520. The Bertz CT molecular complexity index is 251. The zero-order valence-corrected chi connectivity index (χ0v) is 8.62. The summed E-state index contributed by atoms with van der Waals surface area (Å²) >= 11 is 0. The second-order valence-electron chi connectivity index (χ2n) is 3.45. The number of hydrogen-bond donors (Lipinski definition) is 1. The second-order valence-corrected chi connectivity index (χ2v) is 3.45. The molecular weight excluding hydrogens is 160 g/mol. The summed E-state index contributed by atoms with van der Waals surface area (Å²) in [7, 11) is 0. The average Bonchev–Trinajstić information content (AvgIpc) is 2.04. The van der Waals surface area contributed by atoms with Crippen molar-refractivity contribution in [1.82, 2.24) is 0 Å². The molecule has 0 saturated heterocycles. The van der Waals surface area contributed by atoms with Crippen LogP contribution in [0.5, 0.6) is 0 Å². The molecule has 0 aliphatic carbocycles. The Balaban J connectivity index is 0.000000310. The van der Waals surface area contributed by atoms with Crippen molar-refractivity contribution in [3.63, 3.8) is 0 Å². The standard InChI is InChI=1S/C7H8N2.C4H10/c1-9-7-5-3-2-4-6(7)8;1-4(2)3/h2-5H,1,8H2;4H,1-3H3. The Kier molecular flexibility index (Phi) is 5.60. The highest BCUT2D eigenvalue weighted by Crippen LogP contribution is 2.18. The van der Waals surface area contributed by atoms with E-state index < -0.39 is 0 Å². The maximum atomic E-state index is 5.50. The van der Waals surface area contributed by atoms with Gasteiger partial charge in [0, 0.05) is 0 Å². The lowest BCUT2D eigenvalue weighted by molar-refractivity contribution is 0.737. The molecule has 2 heteroatoms. The van der Waals surface area contributed by atoms with Gasteiger partial charge in [-0.1, -0.05) is 32.9 Å². The summed E-state index contributed by atoms with van der Waals surface area (Å²) in [6, 6.07) is 7.36. The summed E-state index contributed by atoms with van der Waals surface area (Å²) in [5.41, 5.74) is 6.92. The highest BCUT2D eigenvalue weighted by molar-refractivity contribution is 5.64. The van der Waals surface area contributed by atoms with Crippen LogP contribution in [0.4, 0.5) is 11.4 Å². The molecule has 1 aromatic carbocycles. The van der Waals surface area contributed by atoms with Crippen molar-refractivity contribution in [2.45, 2.75) is 20.8 Å². The molecule has 0 radical (unpaired) electrons. The van der Waals surface area contributed by atoms with Gasteiger partial charge < -0.3 is 5.73 Å². The van der Waals surface area contributed by atoms with Gasteiger partial charge in [0.15, 0.2) is 0 Å². The zero-order valence-electron chi connectivity index (χ0n) is 8.62. The maximum Gasteiger partial charge on any atom is 0.0851 e. The van der Waals surface area contributed by atoms with Gasteiger partial charge in [-0.25, -0.2) is 0 Å². The summed E-state index contributed by atoms with van der Waals surface area (Å²) in [4.78, 5) is 3.70. The van der Waals surface area contributed by atoms with Gasteiger partial charge in [-0.05, 0) is 24.8 Å². The summed E-state index contributed by atoms with van der Waals surface area (Å²) < 4.78 is 0. The molecule has 0 aromatic heterocycles. The van der Waals surface area contributed by atoms with Crippen LogP contribution in [0.2, 0.25) is 0 Å². The van der Waals surface area contributed by atoms with Crippen molar-refractivity contribution in [2.24, 2.45) is 10.9 Å². The number of nitrogen functional groups attached to an aromatic ring is 1. The normalized spacial score (nSPS) is 8.92. The van der Waals surface area contributed by atoms with Crippen LogP contribution in [0.3, 0.4) is 0 Å². The minimum Gasteiger partial charge on any atom is -0.397 e. The van der Waals surface area contributed by atoms with Crippen molar-refractivity contribution in [3.8, 4) is 0 Å². The summed E-state index contributed by atoms with van der Waals surface area (Å²) in [6.07, 6.45) is 0. The van der Waals surface area contributed by atoms with E-state index in [-0.39, 0.29) is 0 Å². The van der Waals surface area contributed by atoms with E-state index in [0.717, 1.165) is 11.6 Å². The van der Waals surface area contributed by atoms with E-state index in [2.05, 4.69) is 32.5 Å². The van der Waals surface area contributed by atoms with E-state index in [1.165, 1.54) is 0 Å². The summed E-state index contributed by atoms with van der Waals surface area (Å²) in [5, 5.41) is 0. The molecule has 1 rings (SSSR count). The van der Waals surface area contributed by atoms with Crippen LogP contribution in [0, 0.1) is 5.92 Å². The Labute approximate surface area is 80.5 Å². The molecular formula is C11H18N2. The second kappa shape index (κ2) is 6.23. The third-order valence-electron chi connectivity index (χ3n) is 1.11. The molecule has 2 N–H and O–H groups in total. The first kappa shape index (κ1) is 11.7. The first-order chi connectivity index (χ1) is 6.07. The molecule has 0 amide bonds. The zero-order chi connectivity index (χ0) is 10.3. The van der Waals surface area contributed by atoms with Gasteiger partial charge in [0.2, 0.25) is 0 Å². The lowest BCUT2D eigenvalue weighted by Gasteiger charge is -1.94. The number of rotatable bonds is 1. The molecule has 0 aliphatic rings. The SMILES string of the molecule is C=Nc1ccccc1N.CC(C)C. The summed E-state index contributed by atoms with van der Waals surface area (Å²) in [6.45, 7) is 9.86. The number of benzene rings is 1. The van der Waals surface area contributed by atoms with Gasteiger partial charge in [0.25, 0.3) is 0 Å². The van der Waals surface area contributed by atoms with Crippen LogP contribution in [0.15, 0.2) is 29.3 Å². The Morgan fingerprint density at radius 1 is 1.23 bits per heavy atom. The highest BCUT2D eigenvalue weighted by atomic mass is 14.7. The van der Waals surface area contributed by atoms with Gasteiger partial charge in [-0.15, -0.1) is 0 Å². The fourth-order valence-corrected chi connectivity index (χ4v) is 0.632.